The highest BCUT2D eigenvalue weighted by molar-refractivity contribution is 7.89. The normalized spacial score (nSPS) is 17.1. The SMILES string of the molecule is COc1ccc(S(=O)(=O)N2CCCCC2)c(CCO)c1. The second-order valence-corrected chi connectivity index (χ2v) is 6.82. The first-order chi connectivity index (χ1) is 9.59. The van der Waals surface area contributed by atoms with Gasteiger partial charge in [0.15, 0.2) is 0 Å². The van der Waals surface area contributed by atoms with Crippen LogP contribution in [0.3, 0.4) is 0 Å². The summed E-state index contributed by atoms with van der Waals surface area (Å²) in [5.41, 5.74) is 0.609. The van der Waals surface area contributed by atoms with E-state index >= 15 is 0 Å². The average Bonchev–Trinajstić information content (AvgIpc) is 2.48. The number of ether oxygens (including phenoxy) is 1. The lowest BCUT2D eigenvalue weighted by Gasteiger charge is -2.27. The number of aliphatic hydroxyl groups is 1. The zero-order chi connectivity index (χ0) is 14.6. The molecule has 20 heavy (non-hydrogen) atoms. The summed E-state index contributed by atoms with van der Waals surface area (Å²) >= 11 is 0. The van der Waals surface area contributed by atoms with Crippen LogP contribution in [0.15, 0.2) is 23.1 Å². The van der Waals surface area contributed by atoms with Gasteiger partial charge in [0.2, 0.25) is 10.0 Å². The summed E-state index contributed by atoms with van der Waals surface area (Å²) in [5, 5.41) is 9.13. The molecule has 1 aromatic rings. The number of nitrogens with zero attached hydrogens (tertiary/aromatic N) is 1. The summed E-state index contributed by atoms with van der Waals surface area (Å²) in [6, 6.07) is 4.92. The molecule has 0 atom stereocenters. The molecule has 0 bridgehead atoms. The van der Waals surface area contributed by atoms with Crippen molar-refractivity contribution in [1.29, 1.82) is 0 Å². The summed E-state index contributed by atoms with van der Waals surface area (Å²) in [4.78, 5) is 0.286. The van der Waals surface area contributed by atoms with Crippen LogP contribution in [-0.4, -0.2) is 44.6 Å². The molecular weight excluding hydrogens is 278 g/mol. The zero-order valence-electron chi connectivity index (χ0n) is 11.7. The monoisotopic (exact) mass is 299 g/mol. The predicted octanol–water partition coefficient (Wildman–Crippen LogP) is 1.40. The highest BCUT2D eigenvalue weighted by Gasteiger charge is 2.28. The highest BCUT2D eigenvalue weighted by atomic mass is 32.2. The highest BCUT2D eigenvalue weighted by Crippen LogP contribution is 2.27. The van der Waals surface area contributed by atoms with Crippen molar-refractivity contribution < 1.29 is 18.3 Å². The lowest BCUT2D eigenvalue weighted by molar-refractivity contribution is 0.298. The average molecular weight is 299 g/mol. The Balaban J connectivity index is 2.39. The van der Waals surface area contributed by atoms with Gasteiger partial charge in [0, 0.05) is 19.7 Å². The molecule has 5 nitrogen and oxygen atoms in total. The molecule has 0 saturated carbocycles. The summed E-state index contributed by atoms with van der Waals surface area (Å²) in [6.45, 7) is 1.07. The topological polar surface area (TPSA) is 66.8 Å². The van der Waals surface area contributed by atoms with Gasteiger partial charge in [-0.3, -0.25) is 0 Å². The van der Waals surface area contributed by atoms with Crippen molar-refractivity contribution in [3.05, 3.63) is 23.8 Å². The quantitative estimate of drug-likeness (QED) is 0.892. The van der Waals surface area contributed by atoms with E-state index in [1.165, 1.54) is 7.11 Å². The maximum atomic E-state index is 12.7. The van der Waals surface area contributed by atoms with Crippen LogP contribution in [0.4, 0.5) is 0 Å². The molecule has 0 unspecified atom stereocenters. The molecule has 1 aliphatic rings. The van der Waals surface area contributed by atoms with Gasteiger partial charge in [0.25, 0.3) is 0 Å². The Labute approximate surface area is 120 Å². The van der Waals surface area contributed by atoms with Crippen LogP contribution in [0.5, 0.6) is 5.75 Å². The van der Waals surface area contributed by atoms with Crippen LogP contribution in [0.25, 0.3) is 0 Å². The maximum Gasteiger partial charge on any atom is 0.243 e. The van der Waals surface area contributed by atoms with Gasteiger partial charge in [0.05, 0.1) is 12.0 Å². The van der Waals surface area contributed by atoms with Crippen molar-refractivity contribution in [3.63, 3.8) is 0 Å². The molecular formula is C14H21NO4S. The Morgan fingerprint density at radius 2 is 1.95 bits per heavy atom. The molecule has 0 amide bonds. The van der Waals surface area contributed by atoms with E-state index in [1.54, 1.807) is 22.5 Å². The van der Waals surface area contributed by atoms with Gasteiger partial charge in [-0.2, -0.15) is 4.31 Å². The minimum Gasteiger partial charge on any atom is -0.497 e. The molecule has 0 spiro atoms. The first-order valence-electron chi connectivity index (χ1n) is 6.87. The second-order valence-electron chi connectivity index (χ2n) is 4.91. The Morgan fingerprint density at radius 1 is 1.25 bits per heavy atom. The molecule has 112 valence electrons. The standard InChI is InChI=1S/C14H21NO4S/c1-19-13-5-6-14(12(11-13)7-10-16)20(17,18)15-8-3-2-4-9-15/h5-6,11,16H,2-4,7-10H2,1H3. The van der Waals surface area contributed by atoms with Crippen molar-refractivity contribution in [1.82, 2.24) is 4.31 Å². The third kappa shape index (κ3) is 3.13. The van der Waals surface area contributed by atoms with E-state index in [1.807, 2.05) is 0 Å². The van der Waals surface area contributed by atoms with Crippen LogP contribution >= 0.6 is 0 Å². The van der Waals surface area contributed by atoms with E-state index < -0.39 is 10.0 Å². The lowest BCUT2D eigenvalue weighted by Crippen LogP contribution is -2.36. The Kier molecular flexibility index (Phi) is 5.01. The second kappa shape index (κ2) is 6.56. The van der Waals surface area contributed by atoms with E-state index in [9.17, 15) is 8.42 Å². The van der Waals surface area contributed by atoms with Crippen molar-refractivity contribution in [2.45, 2.75) is 30.6 Å². The molecule has 2 rings (SSSR count). The molecule has 0 aromatic heterocycles. The van der Waals surface area contributed by atoms with Gasteiger partial charge in [-0.1, -0.05) is 6.42 Å². The molecule has 1 N–H and O–H groups in total. The fraction of sp³-hybridized carbons (Fsp3) is 0.571. The Morgan fingerprint density at radius 3 is 2.55 bits per heavy atom. The van der Waals surface area contributed by atoms with Crippen molar-refractivity contribution in [3.8, 4) is 5.75 Å². The number of hydrogen-bond donors (Lipinski definition) is 1. The number of hydrogen-bond acceptors (Lipinski definition) is 4. The zero-order valence-corrected chi connectivity index (χ0v) is 12.5. The summed E-state index contributed by atoms with van der Waals surface area (Å²) in [7, 11) is -1.93. The minimum absolute atomic E-state index is 0.0876. The minimum atomic E-state index is -3.47. The number of aliphatic hydroxyl groups excluding tert-OH is 1. The number of piperidine rings is 1. The van der Waals surface area contributed by atoms with Gasteiger partial charge in [0.1, 0.15) is 5.75 Å². The Hall–Kier alpha value is -1.11. The van der Waals surface area contributed by atoms with Gasteiger partial charge in [-0.15, -0.1) is 0 Å². The van der Waals surface area contributed by atoms with E-state index in [4.69, 9.17) is 9.84 Å². The van der Waals surface area contributed by atoms with Gasteiger partial charge in [-0.05, 0) is 43.0 Å². The number of rotatable bonds is 5. The van der Waals surface area contributed by atoms with Crippen LogP contribution in [0.1, 0.15) is 24.8 Å². The maximum absolute atomic E-state index is 12.7. The van der Waals surface area contributed by atoms with Gasteiger partial charge < -0.3 is 9.84 Å². The summed E-state index contributed by atoms with van der Waals surface area (Å²) in [6.07, 6.45) is 3.20. The van der Waals surface area contributed by atoms with Gasteiger partial charge >= 0.3 is 0 Å². The largest absolute Gasteiger partial charge is 0.497 e. The molecule has 1 saturated heterocycles. The molecule has 0 radical (unpaired) electrons. The predicted molar refractivity (Wildman–Crippen MR) is 76.4 cm³/mol. The number of sulfonamides is 1. The molecule has 0 aliphatic carbocycles. The van der Waals surface area contributed by atoms with Crippen LogP contribution < -0.4 is 4.74 Å². The number of benzene rings is 1. The molecule has 6 heteroatoms. The summed E-state index contributed by atoms with van der Waals surface area (Å²) < 4.78 is 32.0. The number of methoxy groups -OCH3 is 1. The third-order valence-corrected chi connectivity index (χ3v) is 5.58. The first kappa shape index (κ1) is 15.3. The van der Waals surface area contributed by atoms with E-state index in [0.717, 1.165) is 19.3 Å². The molecule has 1 aromatic carbocycles. The fourth-order valence-corrected chi connectivity index (χ4v) is 4.24. The van der Waals surface area contributed by atoms with Crippen molar-refractivity contribution >= 4 is 10.0 Å². The molecule has 1 heterocycles. The van der Waals surface area contributed by atoms with Crippen LogP contribution in [-0.2, 0) is 16.4 Å². The van der Waals surface area contributed by atoms with Crippen LogP contribution in [0, 0.1) is 0 Å². The van der Waals surface area contributed by atoms with Crippen LogP contribution in [0.2, 0.25) is 0 Å². The molecule has 1 aliphatic heterocycles. The smallest absolute Gasteiger partial charge is 0.243 e. The van der Waals surface area contributed by atoms with Crippen molar-refractivity contribution in [2.24, 2.45) is 0 Å². The van der Waals surface area contributed by atoms with Gasteiger partial charge in [-0.25, -0.2) is 8.42 Å². The van der Waals surface area contributed by atoms with E-state index in [-0.39, 0.29) is 11.5 Å². The molecule has 1 fully saturated rings. The summed E-state index contributed by atoms with van der Waals surface area (Å²) in [5.74, 6) is 0.603. The first-order valence-corrected chi connectivity index (χ1v) is 8.31. The van der Waals surface area contributed by atoms with Crippen molar-refractivity contribution in [2.75, 3.05) is 26.8 Å². The van der Waals surface area contributed by atoms with E-state index in [2.05, 4.69) is 0 Å². The third-order valence-electron chi connectivity index (χ3n) is 3.58. The fourth-order valence-electron chi connectivity index (χ4n) is 2.49. The lowest BCUT2D eigenvalue weighted by atomic mass is 10.1. The Bertz CT molecular complexity index is 550. The van der Waals surface area contributed by atoms with E-state index in [0.29, 0.717) is 30.8 Å².